The van der Waals surface area contributed by atoms with Gasteiger partial charge in [0.2, 0.25) is 0 Å². The Morgan fingerprint density at radius 3 is 2.52 bits per heavy atom. The second-order valence-corrected chi connectivity index (χ2v) is 7.50. The Morgan fingerprint density at radius 1 is 1.17 bits per heavy atom. The molecular formula is C20H18F3N3O2S. The van der Waals surface area contributed by atoms with Gasteiger partial charge < -0.3 is 0 Å². The minimum absolute atomic E-state index is 0.000867. The van der Waals surface area contributed by atoms with E-state index >= 15 is 0 Å². The summed E-state index contributed by atoms with van der Waals surface area (Å²) in [4.78, 5) is 32.2. The minimum Gasteiger partial charge on any atom is -0.295 e. The maximum absolute atomic E-state index is 12.7. The number of thiazole rings is 1. The fourth-order valence-electron chi connectivity index (χ4n) is 2.84. The summed E-state index contributed by atoms with van der Waals surface area (Å²) in [6.07, 6.45) is -4.79. The van der Waals surface area contributed by atoms with Crippen molar-refractivity contribution in [3.63, 3.8) is 0 Å². The van der Waals surface area contributed by atoms with Crippen LogP contribution >= 0.6 is 11.3 Å². The largest absolute Gasteiger partial charge is 0.389 e. The van der Waals surface area contributed by atoms with E-state index in [-0.39, 0.29) is 35.8 Å². The molecule has 3 rings (SSSR count). The summed E-state index contributed by atoms with van der Waals surface area (Å²) in [5.41, 5.74) is 2.29. The number of hydrogen-bond acceptors (Lipinski definition) is 5. The van der Waals surface area contributed by atoms with Crippen molar-refractivity contribution in [3.8, 4) is 11.3 Å². The summed E-state index contributed by atoms with van der Waals surface area (Å²) < 4.78 is 39.1. The molecule has 0 aliphatic carbocycles. The van der Waals surface area contributed by atoms with Crippen LogP contribution < -0.4 is 5.56 Å². The number of nitrogens with zero attached hydrogens (tertiary/aromatic N) is 3. The number of halogens is 3. The van der Waals surface area contributed by atoms with E-state index < -0.39 is 12.6 Å². The molecule has 0 N–H and O–H groups in total. The van der Waals surface area contributed by atoms with Crippen LogP contribution in [0, 0.1) is 6.92 Å². The average molecular weight is 421 g/mol. The van der Waals surface area contributed by atoms with Crippen molar-refractivity contribution in [1.82, 2.24) is 14.5 Å². The zero-order valence-corrected chi connectivity index (χ0v) is 16.4. The Kier molecular flexibility index (Phi) is 6.26. The lowest BCUT2D eigenvalue weighted by Crippen LogP contribution is -2.26. The maximum atomic E-state index is 12.7. The molecule has 0 saturated heterocycles. The normalized spacial score (nSPS) is 11.6. The van der Waals surface area contributed by atoms with Gasteiger partial charge in [0.25, 0.3) is 5.56 Å². The van der Waals surface area contributed by atoms with Crippen LogP contribution in [0.25, 0.3) is 11.3 Å². The molecule has 5 nitrogen and oxygen atoms in total. The Balaban J connectivity index is 1.96. The molecule has 152 valence electrons. The zero-order chi connectivity index (χ0) is 21.0. The smallest absolute Gasteiger partial charge is 0.295 e. The SMILES string of the molecule is Cc1ccc(-c2cc(=O)n(Cc3csc(C=O)n3)c(CCCC(F)(F)F)n2)cc1. The first-order valence-corrected chi connectivity index (χ1v) is 9.77. The molecule has 0 aliphatic rings. The molecule has 2 aromatic heterocycles. The molecule has 0 amide bonds. The molecule has 0 saturated carbocycles. The topological polar surface area (TPSA) is 64.8 Å². The Morgan fingerprint density at radius 2 is 1.90 bits per heavy atom. The van der Waals surface area contributed by atoms with Gasteiger partial charge >= 0.3 is 6.18 Å². The van der Waals surface area contributed by atoms with Crippen LogP contribution in [0.3, 0.4) is 0 Å². The second kappa shape index (κ2) is 8.69. The number of benzene rings is 1. The Labute approximate surface area is 168 Å². The number of carbonyl (C=O) groups is 1. The van der Waals surface area contributed by atoms with Crippen LogP contribution in [0.2, 0.25) is 0 Å². The molecule has 0 aliphatic heterocycles. The number of carbonyl (C=O) groups excluding carboxylic acids is 1. The van der Waals surface area contributed by atoms with Crippen molar-refractivity contribution < 1.29 is 18.0 Å². The van der Waals surface area contributed by atoms with Crippen LogP contribution in [0.4, 0.5) is 13.2 Å². The lowest BCUT2D eigenvalue weighted by molar-refractivity contribution is -0.135. The van der Waals surface area contributed by atoms with E-state index in [2.05, 4.69) is 9.97 Å². The molecule has 3 aromatic rings. The van der Waals surface area contributed by atoms with E-state index in [4.69, 9.17) is 0 Å². The van der Waals surface area contributed by atoms with Gasteiger partial charge in [-0.15, -0.1) is 11.3 Å². The van der Waals surface area contributed by atoms with Gasteiger partial charge in [0, 0.05) is 29.9 Å². The van der Waals surface area contributed by atoms with Crippen molar-refractivity contribution in [2.75, 3.05) is 0 Å². The van der Waals surface area contributed by atoms with Crippen LogP contribution in [0.15, 0.2) is 40.5 Å². The lowest BCUT2D eigenvalue weighted by atomic mass is 10.1. The summed E-state index contributed by atoms with van der Waals surface area (Å²) in [5.74, 6) is 0.262. The number of aldehydes is 1. The number of aromatic nitrogens is 3. The fourth-order valence-corrected chi connectivity index (χ4v) is 3.45. The summed E-state index contributed by atoms with van der Waals surface area (Å²) >= 11 is 1.14. The molecule has 0 unspecified atom stereocenters. The van der Waals surface area contributed by atoms with Gasteiger partial charge in [-0.25, -0.2) is 9.97 Å². The van der Waals surface area contributed by atoms with E-state index in [0.29, 0.717) is 23.2 Å². The van der Waals surface area contributed by atoms with Crippen molar-refractivity contribution >= 4 is 17.6 Å². The predicted molar refractivity (Wildman–Crippen MR) is 104 cm³/mol. The highest BCUT2D eigenvalue weighted by Gasteiger charge is 2.26. The molecule has 0 spiro atoms. The average Bonchev–Trinajstić information content (AvgIpc) is 3.11. The van der Waals surface area contributed by atoms with E-state index in [1.807, 2.05) is 31.2 Å². The first-order valence-electron chi connectivity index (χ1n) is 8.89. The number of alkyl halides is 3. The summed E-state index contributed by atoms with van der Waals surface area (Å²) in [5, 5.41) is 1.92. The zero-order valence-electron chi connectivity index (χ0n) is 15.6. The minimum atomic E-state index is -4.27. The van der Waals surface area contributed by atoms with Crippen molar-refractivity contribution in [1.29, 1.82) is 0 Å². The third-order valence-electron chi connectivity index (χ3n) is 4.29. The van der Waals surface area contributed by atoms with Crippen LogP contribution in [0.1, 0.15) is 39.7 Å². The standard InChI is InChI=1S/C20H18F3N3O2S/c1-13-4-6-14(7-5-13)16-9-19(28)26(10-15-12-29-18(11-27)24-15)17(25-16)3-2-8-20(21,22)23/h4-7,9,11-12H,2-3,8,10H2,1H3. The highest BCUT2D eigenvalue weighted by molar-refractivity contribution is 7.11. The van der Waals surface area contributed by atoms with Crippen LogP contribution in [-0.2, 0) is 13.0 Å². The van der Waals surface area contributed by atoms with E-state index in [1.165, 1.54) is 10.6 Å². The molecule has 29 heavy (non-hydrogen) atoms. The Hall–Kier alpha value is -2.81. The molecule has 0 radical (unpaired) electrons. The first-order chi connectivity index (χ1) is 13.7. The molecule has 1 aromatic carbocycles. The molecular weight excluding hydrogens is 403 g/mol. The third kappa shape index (κ3) is 5.60. The third-order valence-corrected chi connectivity index (χ3v) is 5.10. The molecule has 0 atom stereocenters. The van der Waals surface area contributed by atoms with Crippen molar-refractivity contribution in [3.05, 3.63) is 68.2 Å². The van der Waals surface area contributed by atoms with Gasteiger partial charge in [-0.2, -0.15) is 13.2 Å². The van der Waals surface area contributed by atoms with E-state index in [1.54, 1.807) is 5.38 Å². The monoisotopic (exact) mass is 421 g/mol. The van der Waals surface area contributed by atoms with Gasteiger partial charge in [-0.05, 0) is 13.3 Å². The Bertz CT molecular complexity index is 1060. The van der Waals surface area contributed by atoms with Crippen LogP contribution in [-0.4, -0.2) is 27.0 Å². The molecule has 0 bridgehead atoms. The molecule has 9 heteroatoms. The number of rotatable bonds is 7. The maximum Gasteiger partial charge on any atom is 0.389 e. The van der Waals surface area contributed by atoms with Gasteiger partial charge in [0.15, 0.2) is 11.3 Å². The summed E-state index contributed by atoms with van der Waals surface area (Å²) in [6.45, 7) is 1.98. The van der Waals surface area contributed by atoms with Crippen molar-refractivity contribution in [2.45, 2.75) is 38.9 Å². The summed E-state index contributed by atoms with van der Waals surface area (Å²) in [6, 6.07) is 8.75. The predicted octanol–water partition coefficient (Wildman–Crippen LogP) is 4.42. The van der Waals surface area contributed by atoms with Gasteiger partial charge in [0.05, 0.1) is 17.9 Å². The van der Waals surface area contributed by atoms with Gasteiger partial charge in [-0.1, -0.05) is 29.8 Å². The highest BCUT2D eigenvalue weighted by Crippen LogP contribution is 2.23. The number of aryl methyl sites for hydroxylation is 2. The first kappa shape index (κ1) is 20.9. The number of hydrogen-bond donors (Lipinski definition) is 0. The summed E-state index contributed by atoms with van der Waals surface area (Å²) in [7, 11) is 0. The van der Waals surface area contributed by atoms with Gasteiger partial charge in [-0.3, -0.25) is 14.2 Å². The second-order valence-electron chi connectivity index (χ2n) is 6.61. The van der Waals surface area contributed by atoms with Crippen molar-refractivity contribution in [2.24, 2.45) is 0 Å². The quantitative estimate of drug-likeness (QED) is 0.530. The van der Waals surface area contributed by atoms with E-state index in [0.717, 1.165) is 16.9 Å². The molecule has 0 fully saturated rings. The van der Waals surface area contributed by atoms with Crippen LogP contribution in [0.5, 0.6) is 0 Å². The van der Waals surface area contributed by atoms with E-state index in [9.17, 15) is 22.8 Å². The lowest BCUT2D eigenvalue weighted by Gasteiger charge is -2.14. The van der Waals surface area contributed by atoms with Gasteiger partial charge in [0.1, 0.15) is 5.82 Å². The molecule has 2 heterocycles. The highest BCUT2D eigenvalue weighted by atomic mass is 32.1. The fraction of sp³-hybridized carbons (Fsp3) is 0.300.